The monoisotopic (exact) mass is 1300 g/mol. The molecule has 0 unspecified atom stereocenters. The van der Waals surface area contributed by atoms with Crippen LogP contribution in [-0.4, -0.2) is 238 Å². The zero-order valence-corrected chi connectivity index (χ0v) is 51.9. The Balaban J connectivity index is 6.77. The van der Waals surface area contributed by atoms with Gasteiger partial charge in [-0.25, -0.2) is 0 Å². The largest absolute Gasteiger partial charge is 0.480 e. The molecule has 0 spiro atoms. The van der Waals surface area contributed by atoms with Gasteiger partial charge in [0.1, 0.15) is 67.0 Å². The summed E-state index contributed by atoms with van der Waals surface area (Å²) in [6.45, 7) is 4.18. The van der Waals surface area contributed by atoms with Crippen molar-refractivity contribution in [2.75, 3.05) is 39.3 Å². The number of carbonyl (C=O) groups excluding carboxylic acids is 12. The maximum atomic E-state index is 14.1. The number of aliphatic imine (C=N–C) groups is 2. The topological polar surface area (TPSA) is 688 Å². The van der Waals surface area contributed by atoms with E-state index < -0.39 is 188 Å². The molecule has 518 valence electrons. The van der Waals surface area contributed by atoms with Crippen LogP contribution in [0.15, 0.2) is 9.98 Å². The number of nitrogens with one attached hydrogen (secondary N) is 11. The second-order valence-electron chi connectivity index (χ2n) is 21.3. The van der Waals surface area contributed by atoms with E-state index in [0.717, 1.165) is 27.7 Å². The Bertz CT molecular complexity index is 2480. The van der Waals surface area contributed by atoms with Crippen molar-refractivity contribution in [1.29, 1.82) is 0 Å². The van der Waals surface area contributed by atoms with Crippen molar-refractivity contribution in [2.45, 2.75) is 196 Å². The molecule has 0 aliphatic rings. The van der Waals surface area contributed by atoms with E-state index in [0.29, 0.717) is 12.8 Å². The molecule has 0 radical (unpaired) electrons. The zero-order valence-electron chi connectivity index (χ0n) is 51.9. The Morgan fingerprint density at radius 2 is 0.714 bits per heavy atom. The number of guanidine groups is 2. The van der Waals surface area contributed by atoms with Crippen LogP contribution >= 0.6 is 0 Å². The van der Waals surface area contributed by atoms with Crippen molar-refractivity contribution in [3.05, 3.63) is 0 Å². The number of rotatable bonds is 46. The summed E-state index contributed by atoms with van der Waals surface area (Å²) in [5.74, 6) is -14.6. The minimum Gasteiger partial charge on any atom is -0.480 e. The molecule has 0 aromatic carbocycles. The summed E-state index contributed by atoms with van der Waals surface area (Å²) in [4.78, 5) is 180. The van der Waals surface area contributed by atoms with E-state index >= 15 is 0 Å². The third-order valence-electron chi connectivity index (χ3n) is 13.2. The fourth-order valence-electron chi connectivity index (χ4n) is 8.11. The molecule has 0 aliphatic carbocycles. The molecule has 0 heterocycles. The first-order chi connectivity index (χ1) is 42.6. The first-order valence-electron chi connectivity index (χ1n) is 29.3. The summed E-state index contributed by atoms with van der Waals surface area (Å²) in [6.07, 6.45) is -5.36. The van der Waals surface area contributed by atoms with E-state index in [1.165, 1.54) is 6.92 Å². The summed E-state index contributed by atoms with van der Waals surface area (Å²) in [5.41, 5.74) is 44.1. The number of carbonyl (C=O) groups is 13. The highest BCUT2D eigenvalue weighted by Gasteiger charge is 2.37. The highest BCUT2D eigenvalue weighted by Crippen LogP contribution is 2.11. The predicted octanol–water partition coefficient (Wildman–Crippen LogP) is -11.8. The van der Waals surface area contributed by atoms with Crippen LogP contribution in [-0.2, 0) is 62.3 Å². The third-order valence-corrected chi connectivity index (χ3v) is 13.2. The minimum atomic E-state index is -1.91. The van der Waals surface area contributed by atoms with E-state index in [9.17, 15) is 82.8 Å². The number of aliphatic hydroxyl groups excluding tert-OH is 4. The van der Waals surface area contributed by atoms with Crippen molar-refractivity contribution < 1.29 is 87.9 Å². The molecular weight excluding hydrogens is 1210 g/mol. The predicted molar refractivity (Wildman–Crippen MR) is 325 cm³/mol. The van der Waals surface area contributed by atoms with Crippen LogP contribution in [0, 0.1) is 0 Å². The number of aliphatic hydroxyl groups is 4. The maximum absolute atomic E-state index is 14.1. The molecule has 0 aromatic heterocycles. The van der Waals surface area contributed by atoms with Gasteiger partial charge in [0.2, 0.25) is 70.9 Å². The lowest BCUT2D eigenvalue weighted by Crippen LogP contribution is -2.62. The van der Waals surface area contributed by atoms with Crippen molar-refractivity contribution in [2.24, 2.45) is 55.9 Å². The molecule has 39 nitrogen and oxygen atoms in total. The van der Waals surface area contributed by atoms with Crippen molar-refractivity contribution in [3.63, 3.8) is 0 Å². The lowest BCUT2D eigenvalue weighted by atomic mass is 10.0. The molecule has 32 N–H and O–H groups in total. The van der Waals surface area contributed by atoms with Gasteiger partial charge >= 0.3 is 5.97 Å². The Morgan fingerprint density at radius 1 is 0.396 bits per heavy atom. The highest BCUT2D eigenvalue weighted by molar-refractivity contribution is 5.99. The van der Waals surface area contributed by atoms with Crippen molar-refractivity contribution in [3.8, 4) is 0 Å². The van der Waals surface area contributed by atoms with E-state index in [1.54, 1.807) is 0 Å². The van der Waals surface area contributed by atoms with Gasteiger partial charge in [-0.1, -0.05) is 0 Å². The van der Waals surface area contributed by atoms with Crippen LogP contribution in [0.1, 0.15) is 112 Å². The summed E-state index contributed by atoms with van der Waals surface area (Å²) < 4.78 is 0. The second kappa shape index (κ2) is 43.9. The van der Waals surface area contributed by atoms with Crippen LogP contribution in [0.25, 0.3) is 0 Å². The molecule has 0 saturated carbocycles. The molecule has 0 fully saturated rings. The Morgan fingerprint density at radius 3 is 1.07 bits per heavy atom. The molecule has 0 bridgehead atoms. The number of carboxylic acids is 1. The lowest BCUT2D eigenvalue weighted by molar-refractivity contribution is -0.139. The van der Waals surface area contributed by atoms with Crippen molar-refractivity contribution >= 4 is 88.8 Å². The number of nitrogens with two attached hydrogens (primary N) is 8. The fourth-order valence-corrected chi connectivity index (χ4v) is 8.11. The van der Waals surface area contributed by atoms with E-state index in [2.05, 4.69) is 63.2 Å². The Hall–Kier alpha value is -8.63. The lowest BCUT2D eigenvalue weighted by Gasteiger charge is -2.29. The van der Waals surface area contributed by atoms with Crippen LogP contribution in [0.2, 0.25) is 0 Å². The smallest absolute Gasteiger partial charge is 0.322 e. The first-order valence-corrected chi connectivity index (χ1v) is 29.3. The quantitative estimate of drug-likeness (QED) is 0.0153. The molecule has 39 heteroatoms. The second-order valence-corrected chi connectivity index (χ2v) is 21.3. The number of aliphatic carboxylic acids is 1. The van der Waals surface area contributed by atoms with Gasteiger partial charge < -0.3 is 130 Å². The molecule has 0 rings (SSSR count). The molecule has 0 saturated heterocycles. The standard InChI is InChI=1S/C52H97N21O18/c1-24(55)40(81)65-32(15-11-21-62-52(59)60)45(86)73-39(28(5)77)50(91)69-30(13-7-9-19-54)42(83)68-33(16-17-35(56)78)46(87)72-38(27(4)76)49(90)64-25(2)41(82)66-31(14-10-20-61-51(57)58)43(84)67-29(12-6-8-18-53)44(85)70-34(23-74)47(88)71-37(26(3)75)48(89)63-22-36(79)80/h24-34,37-39,74-77H,6-23,53-55H2,1-5H3,(H2,56,78)(H,63,89)(H,64,90)(H,65,81)(H,66,82)(H,67,84)(H,68,83)(H,69,91)(H,70,85)(H,71,88)(H,72,87)(H,73,86)(H,79,80)(H4,57,58,61)(H4,59,60,62)/t24-,25-,26+,27+,28+,29-,30-,31-,32-,33-,34-,37-,38-,39-/m0/s1. The van der Waals surface area contributed by atoms with Gasteiger partial charge in [0.05, 0.1) is 31.0 Å². The van der Waals surface area contributed by atoms with Gasteiger partial charge in [0, 0.05) is 19.5 Å². The molecule has 91 heavy (non-hydrogen) atoms. The van der Waals surface area contributed by atoms with Gasteiger partial charge in [0.15, 0.2) is 11.9 Å². The van der Waals surface area contributed by atoms with Gasteiger partial charge in [-0.05, 0) is 118 Å². The van der Waals surface area contributed by atoms with Crippen LogP contribution < -0.4 is 104 Å². The number of hydrogen-bond donors (Lipinski definition) is 24. The number of unbranched alkanes of at least 4 members (excludes halogenated alkanes) is 2. The van der Waals surface area contributed by atoms with Crippen LogP contribution in [0.3, 0.4) is 0 Å². The van der Waals surface area contributed by atoms with E-state index in [4.69, 9.17) is 51.0 Å². The molecule has 0 aliphatic heterocycles. The molecule has 0 aromatic rings. The molecule has 12 amide bonds. The number of primary amides is 1. The number of amides is 12. The minimum absolute atomic E-state index is 0.0194. The van der Waals surface area contributed by atoms with E-state index in [-0.39, 0.29) is 89.5 Å². The number of nitrogens with zero attached hydrogens (tertiary/aromatic N) is 2. The zero-order chi connectivity index (χ0) is 69.7. The fraction of sp³-hybridized carbons (Fsp3) is 0.712. The number of hydrogen-bond acceptors (Lipinski definition) is 22. The highest BCUT2D eigenvalue weighted by atomic mass is 16.4. The maximum Gasteiger partial charge on any atom is 0.322 e. The Kier molecular flexibility index (Phi) is 39.8. The average molecular weight is 1300 g/mol. The summed E-state index contributed by atoms with van der Waals surface area (Å²) in [6, 6.07) is -17.5. The summed E-state index contributed by atoms with van der Waals surface area (Å²) >= 11 is 0. The van der Waals surface area contributed by atoms with Crippen LogP contribution in [0.5, 0.6) is 0 Å². The summed E-state index contributed by atoms with van der Waals surface area (Å²) in [5, 5.41) is 76.2. The molecule has 14 atom stereocenters. The Labute approximate surface area is 525 Å². The van der Waals surface area contributed by atoms with Gasteiger partial charge in [0.25, 0.3) is 0 Å². The first kappa shape index (κ1) is 82.4. The van der Waals surface area contributed by atoms with Gasteiger partial charge in [-0.15, -0.1) is 0 Å². The van der Waals surface area contributed by atoms with E-state index in [1.807, 2.05) is 5.32 Å². The number of carboxylic acid groups (broad SMARTS) is 1. The average Bonchev–Trinajstić information content (AvgIpc) is 1.58. The summed E-state index contributed by atoms with van der Waals surface area (Å²) in [7, 11) is 0. The van der Waals surface area contributed by atoms with Gasteiger partial charge in [-0.2, -0.15) is 0 Å². The van der Waals surface area contributed by atoms with Crippen molar-refractivity contribution in [1.82, 2.24) is 58.5 Å². The normalized spacial score (nSPS) is 15.6. The third kappa shape index (κ3) is 33.7. The van der Waals surface area contributed by atoms with Crippen LogP contribution in [0.4, 0.5) is 0 Å². The molecular formula is C52H97N21O18. The van der Waals surface area contributed by atoms with Gasteiger partial charge in [-0.3, -0.25) is 72.3 Å². The SMILES string of the molecule is C[C@H](N)C(=O)N[C@@H](CCCN=C(N)N)C(=O)N[C@H](C(=O)N[C@@H](CCCCN)C(=O)N[C@@H](CCC(N)=O)C(=O)N[C@H](C(=O)N[C@@H](C)C(=O)N[C@@H](CCCN=C(N)N)C(=O)N[C@@H](CCCCN)C(=O)N[C@@H](CO)C(=O)N[C@H](C(=O)NCC(=O)O)[C@@H](C)O)[C@@H](C)O)[C@@H](C)O.